The molecular weight excluding hydrogens is 303 g/mol. The van der Waals surface area contributed by atoms with Gasteiger partial charge in [-0.25, -0.2) is 4.39 Å². The zero-order valence-corrected chi connectivity index (χ0v) is 15.0. The molecule has 134 valence electrons. The molecule has 0 aromatic heterocycles. The fourth-order valence-electron chi connectivity index (χ4n) is 3.07. The monoisotopic (exact) mass is 334 g/mol. The van der Waals surface area contributed by atoms with E-state index in [2.05, 4.69) is 34.5 Å². The molecule has 4 nitrogen and oxygen atoms in total. The number of piperidine rings is 1. The van der Waals surface area contributed by atoms with Gasteiger partial charge in [-0.1, -0.05) is 18.2 Å². The normalized spacial score (nSPS) is 17.0. The van der Waals surface area contributed by atoms with E-state index in [1.807, 2.05) is 12.1 Å². The molecule has 0 bridgehead atoms. The summed E-state index contributed by atoms with van der Waals surface area (Å²) in [5.74, 6) is 1.50. The van der Waals surface area contributed by atoms with Gasteiger partial charge in [0.05, 0.1) is 0 Å². The molecule has 0 atom stereocenters. The van der Waals surface area contributed by atoms with Gasteiger partial charge >= 0.3 is 0 Å². The average molecular weight is 334 g/mol. The molecule has 1 aliphatic heterocycles. The van der Waals surface area contributed by atoms with Crippen molar-refractivity contribution in [1.29, 1.82) is 0 Å². The topological polar surface area (TPSA) is 39.7 Å². The van der Waals surface area contributed by atoms with E-state index in [-0.39, 0.29) is 5.82 Å². The lowest BCUT2D eigenvalue weighted by Crippen LogP contribution is -2.38. The van der Waals surface area contributed by atoms with Gasteiger partial charge in [-0.2, -0.15) is 0 Å². The third kappa shape index (κ3) is 6.48. The number of hydrogen-bond donors (Lipinski definition) is 2. The van der Waals surface area contributed by atoms with E-state index >= 15 is 0 Å². The summed E-state index contributed by atoms with van der Waals surface area (Å²) in [6.45, 7) is 6.83. The van der Waals surface area contributed by atoms with Gasteiger partial charge in [0.2, 0.25) is 0 Å². The van der Waals surface area contributed by atoms with Gasteiger partial charge in [0.1, 0.15) is 5.82 Å². The average Bonchev–Trinajstić information content (AvgIpc) is 2.58. The number of benzene rings is 1. The third-order valence-electron chi connectivity index (χ3n) is 4.63. The lowest BCUT2D eigenvalue weighted by atomic mass is 9.94. The molecular formula is C19H31FN4. The fraction of sp³-hybridized carbons (Fsp3) is 0.632. The second-order valence-electron chi connectivity index (χ2n) is 6.56. The second kappa shape index (κ2) is 10.3. The van der Waals surface area contributed by atoms with Crippen molar-refractivity contribution in [3.63, 3.8) is 0 Å². The summed E-state index contributed by atoms with van der Waals surface area (Å²) in [6, 6.07) is 6.94. The third-order valence-corrected chi connectivity index (χ3v) is 4.63. The van der Waals surface area contributed by atoms with Gasteiger partial charge in [-0.15, -0.1) is 0 Å². The molecule has 1 heterocycles. The Morgan fingerprint density at radius 1 is 1.25 bits per heavy atom. The van der Waals surface area contributed by atoms with Crippen molar-refractivity contribution in [1.82, 2.24) is 15.5 Å². The Labute approximate surface area is 145 Å². The molecule has 2 N–H and O–H groups in total. The van der Waals surface area contributed by atoms with Crippen molar-refractivity contribution in [2.45, 2.75) is 32.6 Å². The second-order valence-corrected chi connectivity index (χ2v) is 6.56. The van der Waals surface area contributed by atoms with Gasteiger partial charge in [-0.05, 0) is 70.3 Å². The first-order valence-corrected chi connectivity index (χ1v) is 9.13. The van der Waals surface area contributed by atoms with Gasteiger partial charge in [-0.3, -0.25) is 4.99 Å². The van der Waals surface area contributed by atoms with Crippen LogP contribution in [0.5, 0.6) is 0 Å². The number of hydrogen-bond acceptors (Lipinski definition) is 2. The maximum Gasteiger partial charge on any atom is 0.191 e. The largest absolute Gasteiger partial charge is 0.357 e. The molecule has 0 spiro atoms. The van der Waals surface area contributed by atoms with Crippen LogP contribution in [-0.4, -0.2) is 50.6 Å². The van der Waals surface area contributed by atoms with Crippen molar-refractivity contribution in [2.24, 2.45) is 10.9 Å². The van der Waals surface area contributed by atoms with Crippen LogP contribution in [0.4, 0.5) is 4.39 Å². The number of guanidine groups is 1. The van der Waals surface area contributed by atoms with Crippen LogP contribution in [0, 0.1) is 11.7 Å². The Morgan fingerprint density at radius 2 is 2.00 bits per heavy atom. The van der Waals surface area contributed by atoms with Gasteiger partial charge < -0.3 is 15.5 Å². The van der Waals surface area contributed by atoms with Crippen LogP contribution in [0.3, 0.4) is 0 Å². The lowest BCUT2D eigenvalue weighted by molar-refractivity contribution is 0.214. The molecule has 1 fully saturated rings. The van der Waals surface area contributed by atoms with E-state index in [0.717, 1.165) is 37.0 Å². The highest BCUT2D eigenvalue weighted by Crippen LogP contribution is 2.19. The van der Waals surface area contributed by atoms with Crippen molar-refractivity contribution < 1.29 is 4.39 Å². The number of nitrogens with zero attached hydrogens (tertiary/aromatic N) is 2. The number of likely N-dealkylation sites (tertiary alicyclic amines) is 1. The summed E-state index contributed by atoms with van der Waals surface area (Å²) in [5.41, 5.74) is 0.743. The molecule has 24 heavy (non-hydrogen) atoms. The van der Waals surface area contributed by atoms with E-state index in [9.17, 15) is 4.39 Å². The Morgan fingerprint density at radius 3 is 2.71 bits per heavy atom. The van der Waals surface area contributed by atoms with Crippen LogP contribution in [-0.2, 0) is 6.42 Å². The predicted octanol–water partition coefficient (Wildman–Crippen LogP) is 2.66. The smallest absolute Gasteiger partial charge is 0.191 e. The summed E-state index contributed by atoms with van der Waals surface area (Å²) in [6.07, 6.45) is 4.37. The minimum absolute atomic E-state index is 0.136. The van der Waals surface area contributed by atoms with Gasteiger partial charge in [0, 0.05) is 19.6 Å². The van der Waals surface area contributed by atoms with Crippen molar-refractivity contribution in [3.8, 4) is 0 Å². The first kappa shape index (κ1) is 18.7. The van der Waals surface area contributed by atoms with Crippen LogP contribution in [0.1, 0.15) is 31.7 Å². The molecule has 2 rings (SSSR count). The Bertz CT molecular complexity index is 510. The molecule has 1 aromatic carbocycles. The van der Waals surface area contributed by atoms with E-state index in [1.54, 1.807) is 6.07 Å². The number of halogens is 1. The molecule has 0 saturated carbocycles. The Balaban J connectivity index is 1.73. The Hall–Kier alpha value is -1.62. The van der Waals surface area contributed by atoms with Crippen molar-refractivity contribution in [2.75, 3.05) is 39.8 Å². The summed E-state index contributed by atoms with van der Waals surface area (Å²) in [4.78, 5) is 7.06. The highest BCUT2D eigenvalue weighted by atomic mass is 19.1. The maximum absolute atomic E-state index is 13.6. The van der Waals surface area contributed by atoms with E-state index in [1.165, 1.54) is 32.0 Å². The number of aliphatic imine (C=N–C) groups is 1. The molecule has 0 aliphatic carbocycles. The van der Waals surface area contributed by atoms with E-state index < -0.39 is 0 Å². The number of rotatable bonds is 7. The SMILES string of the molecule is CCNC(=NCCC1CCN(C)CC1)NCCc1ccccc1F. The van der Waals surface area contributed by atoms with Crippen LogP contribution in [0.15, 0.2) is 29.3 Å². The van der Waals surface area contributed by atoms with E-state index in [0.29, 0.717) is 13.0 Å². The zero-order valence-electron chi connectivity index (χ0n) is 15.0. The molecule has 1 saturated heterocycles. The fourth-order valence-corrected chi connectivity index (χ4v) is 3.07. The van der Waals surface area contributed by atoms with Crippen LogP contribution in [0.2, 0.25) is 0 Å². The van der Waals surface area contributed by atoms with Crippen LogP contribution in [0.25, 0.3) is 0 Å². The minimum Gasteiger partial charge on any atom is -0.357 e. The molecule has 5 heteroatoms. The molecule has 1 aromatic rings. The summed E-state index contributed by atoms with van der Waals surface area (Å²) in [7, 11) is 2.19. The maximum atomic E-state index is 13.6. The summed E-state index contributed by atoms with van der Waals surface area (Å²) < 4.78 is 13.6. The molecule has 0 unspecified atom stereocenters. The predicted molar refractivity (Wildman–Crippen MR) is 98.9 cm³/mol. The molecule has 1 aliphatic rings. The first-order valence-electron chi connectivity index (χ1n) is 9.13. The minimum atomic E-state index is -0.136. The van der Waals surface area contributed by atoms with Gasteiger partial charge in [0.25, 0.3) is 0 Å². The molecule has 0 radical (unpaired) electrons. The Kier molecular flexibility index (Phi) is 8.02. The highest BCUT2D eigenvalue weighted by molar-refractivity contribution is 5.79. The lowest BCUT2D eigenvalue weighted by Gasteiger charge is -2.28. The summed E-state index contributed by atoms with van der Waals surface area (Å²) >= 11 is 0. The molecule has 0 amide bonds. The first-order chi connectivity index (χ1) is 11.7. The standard InChI is InChI=1S/C19H31FN4/c1-3-21-19(22-12-8-16-10-14-24(2)15-11-16)23-13-9-17-6-4-5-7-18(17)20/h4-7,16H,3,8-15H2,1-2H3,(H2,21,22,23). The van der Waals surface area contributed by atoms with Crippen LogP contribution < -0.4 is 10.6 Å². The summed E-state index contributed by atoms with van der Waals surface area (Å²) in [5, 5.41) is 6.57. The van der Waals surface area contributed by atoms with Crippen molar-refractivity contribution >= 4 is 5.96 Å². The number of nitrogens with one attached hydrogen (secondary N) is 2. The zero-order chi connectivity index (χ0) is 17.2. The highest BCUT2D eigenvalue weighted by Gasteiger charge is 2.15. The van der Waals surface area contributed by atoms with Gasteiger partial charge in [0.15, 0.2) is 5.96 Å². The van der Waals surface area contributed by atoms with Crippen LogP contribution >= 0.6 is 0 Å². The quantitative estimate of drug-likeness (QED) is 0.595. The van der Waals surface area contributed by atoms with E-state index in [4.69, 9.17) is 0 Å². The van der Waals surface area contributed by atoms with Crippen molar-refractivity contribution in [3.05, 3.63) is 35.6 Å².